The molecule has 2 rings (SSSR count). The lowest BCUT2D eigenvalue weighted by molar-refractivity contribution is 0.0945. The summed E-state index contributed by atoms with van der Waals surface area (Å²) in [6.45, 7) is 0. The van der Waals surface area contributed by atoms with E-state index in [9.17, 15) is 22.0 Å². The zero-order valence-electron chi connectivity index (χ0n) is 12.1. The molecule has 128 valence electrons. The van der Waals surface area contributed by atoms with Gasteiger partial charge in [0.05, 0.1) is 7.11 Å². The van der Waals surface area contributed by atoms with Crippen LogP contribution in [0.4, 0.5) is 8.78 Å². The molecule has 0 aliphatic heterocycles. The number of ether oxygens (including phenoxy) is 1. The van der Waals surface area contributed by atoms with E-state index in [0.717, 1.165) is 6.07 Å². The van der Waals surface area contributed by atoms with Gasteiger partial charge in [-0.25, -0.2) is 17.2 Å². The number of hydrogen-bond acceptors (Lipinski definition) is 4. The molecule has 0 aromatic heterocycles. The van der Waals surface area contributed by atoms with E-state index in [0.29, 0.717) is 11.8 Å². The standard InChI is InChI=1S/C14H11BrF2N2O4S/c1-23-10-4-2-8(3-5-10)14(20)18-19-24(21,22)13-11(15)6-9(16)7-12(13)17/h2-7,19H,1H3,(H,18,20). The minimum Gasteiger partial charge on any atom is -0.497 e. The van der Waals surface area contributed by atoms with Crippen molar-refractivity contribution in [1.82, 2.24) is 10.3 Å². The van der Waals surface area contributed by atoms with E-state index in [2.05, 4.69) is 15.9 Å². The molecule has 2 aromatic rings. The van der Waals surface area contributed by atoms with Crippen LogP contribution in [0.15, 0.2) is 45.8 Å². The fourth-order valence-electron chi connectivity index (χ4n) is 1.76. The molecule has 0 fully saturated rings. The van der Waals surface area contributed by atoms with Crippen molar-refractivity contribution >= 4 is 31.9 Å². The second-order valence-electron chi connectivity index (χ2n) is 4.49. The molecule has 0 unspecified atom stereocenters. The molecule has 0 saturated carbocycles. The number of nitrogens with one attached hydrogen (secondary N) is 2. The fourth-order valence-corrected chi connectivity index (χ4v) is 3.77. The Balaban J connectivity index is 2.16. The van der Waals surface area contributed by atoms with Crippen molar-refractivity contribution in [3.63, 3.8) is 0 Å². The van der Waals surface area contributed by atoms with Gasteiger partial charge in [-0.3, -0.25) is 10.2 Å². The normalized spacial score (nSPS) is 11.2. The van der Waals surface area contributed by atoms with E-state index in [1.54, 1.807) is 4.83 Å². The number of hydrogen-bond donors (Lipinski definition) is 2. The molecule has 0 aliphatic carbocycles. The Morgan fingerprint density at radius 3 is 2.33 bits per heavy atom. The third-order valence-electron chi connectivity index (χ3n) is 2.88. The number of amides is 1. The molecule has 0 spiro atoms. The highest BCUT2D eigenvalue weighted by Gasteiger charge is 2.24. The van der Waals surface area contributed by atoms with Gasteiger partial charge in [-0.1, -0.05) is 0 Å². The molecule has 2 N–H and O–H groups in total. The van der Waals surface area contributed by atoms with Crippen LogP contribution in [0, 0.1) is 11.6 Å². The third-order valence-corrected chi connectivity index (χ3v) is 5.09. The van der Waals surface area contributed by atoms with Crippen LogP contribution in [-0.2, 0) is 10.0 Å². The molecule has 0 saturated heterocycles. The second kappa shape index (κ2) is 7.24. The summed E-state index contributed by atoms with van der Waals surface area (Å²) in [4.78, 5) is 12.8. The highest BCUT2D eigenvalue weighted by Crippen LogP contribution is 2.25. The zero-order chi connectivity index (χ0) is 17.9. The SMILES string of the molecule is COc1ccc(C(=O)NNS(=O)(=O)c2c(F)cc(F)cc2Br)cc1. The Hall–Kier alpha value is -2.04. The summed E-state index contributed by atoms with van der Waals surface area (Å²) in [7, 11) is -2.99. The lowest BCUT2D eigenvalue weighted by Crippen LogP contribution is -2.42. The van der Waals surface area contributed by atoms with Crippen LogP contribution in [0.25, 0.3) is 0 Å². The lowest BCUT2D eigenvalue weighted by Gasteiger charge is -2.11. The van der Waals surface area contributed by atoms with E-state index >= 15 is 0 Å². The van der Waals surface area contributed by atoms with Crippen molar-refractivity contribution < 1.29 is 26.7 Å². The molecule has 24 heavy (non-hydrogen) atoms. The Morgan fingerprint density at radius 2 is 1.79 bits per heavy atom. The van der Waals surface area contributed by atoms with Gasteiger partial charge in [0, 0.05) is 16.1 Å². The van der Waals surface area contributed by atoms with Gasteiger partial charge in [0.2, 0.25) is 0 Å². The number of carbonyl (C=O) groups excluding carboxylic acids is 1. The Labute approximate surface area is 145 Å². The van der Waals surface area contributed by atoms with E-state index < -0.39 is 32.5 Å². The molecule has 1 amide bonds. The zero-order valence-corrected chi connectivity index (χ0v) is 14.5. The highest BCUT2D eigenvalue weighted by atomic mass is 79.9. The van der Waals surface area contributed by atoms with Crippen LogP contribution in [0.5, 0.6) is 5.75 Å². The average Bonchev–Trinajstić information content (AvgIpc) is 2.51. The van der Waals surface area contributed by atoms with Gasteiger partial charge in [0.1, 0.15) is 22.3 Å². The average molecular weight is 421 g/mol. The van der Waals surface area contributed by atoms with Gasteiger partial charge < -0.3 is 4.74 Å². The van der Waals surface area contributed by atoms with E-state index in [1.165, 1.54) is 31.4 Å². The van der Waals surface area contributed by atoms with Gasteiger partial charge in [0.15, 0.2) is 0 Å². The molecule has 0 atom stereocenters. The summed E-state index contributed by atoms with van der Waals surface area (Å²) < 4.78 is 55.5. The number of hydrazine groups is 1. The summed E-state index contributed by atoms with van der Waals surface area (Å²) in [6, 6.07) is 7.07. The summed E-state index contributed by atoms with van der Waals surface area (Å²) in [5.74, 6) is -2.49. The van der Waals surface area contributed by atoms with Crippen molar-refractivity contribution in [2.75, 3.05) is 7.11 Å². The maximum Gasteiger partial charge on any atom is 0.266 e. The molecular formula is C14H11BrF2N2O4S. The number of methoxy groups -OCH3 is 1. The molecule has 0 bridgehead atoms. The minimum absolute atomic E-state index is 0.150. The third kappa shape index (κ3) is 4.08. The van der Waals surface area contributed by atoms with Crippen LogP contribution in [-0.4, -0.2) is 21.4 Å². The quantitative estimate of drug-likeness (QED) is 0.727. The number of halogens is 3. The number of sulfonamides is 1. The van der Waals surface area contributed by atoms with Gasteiger partial charge in [0.25, 0.3) is 15.9 Å². The second-order valence-corrected chi connectivity index (χ2v) is 6.96. The van der Waals surface area contributed by atoms with Crippen molar-refractivity contribution in [2.45, 2.75) is 4.90 Å². The monoisotopic (exact) mass is 420 g/mol. The predicted octanol–water partition coefficient (Wildman–Crippen LogP) is 2.36. The highest BCUT2D eigenvalue weighted by molar-refractivity contribution is 9.10. The van der Waals surface area contributed by atoms with Gasteiger partial charge in [-0.2, -0.15) is 0 Å². The first-order valence-corrected chi connectivity index (χ1v) is 8.63. The molecule has 0 aliphatic rings. The number of rotatable bonds is 5. The van der Waals surface area contributed by atoms with E-state index in [1.807, 2.05) is 5.43 Å². The number of benzene rings is 2. The van der Waals surface area contributed by atoms with Crippen LogP contribution < -0.4 is 15.0 Å². The Bertz CT molecular complexity index is 850. The van der Waals surface area contributed by atoms with Crippen molar-refractivity contribution in [2.24, 2.45) is 0 Å². The summed E-state index contributed by atoms with van der Waals surface area (Å²) >= 11 is 2.78. The maximum atomic E-state index is 13.7. The van der Waals surface area contributed by atoms with E-state index in [-0.39, 0.29) is 10.0 Å². The van der Waals surface area contributed by atoms with Gasteiger partial charge >= 0.3 is 0 Å². The van der Waals surface area contributed by atoms with Gasteiger partial charge in [-0.15, -0.1) is 4.83 Å². The molecule has 0 radical (unpaired) electrons. The topological polar surface area (TPSA) is 84.5 Å². The smallest absolute Gasteiger partial charge is 0.266 e. The molecule has 0 heterocycles. The van der Waals surface area contributed by atoms with E-state index in [4.69, 9.17) is 4.74 Å². The van der Waals surface area contributed by atoms with Crippen molar-refractivity contribution in [1.29, 1.82) is 0 Å². The fraction of sp³-hybridized carbons (Fsp3) is 0.0714. The molecular weight excluding hydrogens is 410 g/mol. The first kappa shape index (κ1) is 18.3. The lowest BCUT2D eigenvalue weighted by atomic mass is 10.2. The van der Waals surface area contributed by atoms with Crippen LogP contribution in [0.1, 0.15) is 10.4 Å². The molecule has 2 aromatic carbocycles. The molecule has 6 nitrogen and oxygen atoms in total. The van der Waals surface area contributed by atoms with Crippen molar-refractivity contribution in [3.05, 3.63) is 58.1 Å². The first-order valence-electron chi connectivity index (χ1n) is 6.35. The predicted molar refractivity (Wildman–Crippen MR) is 84.8 cm³/mol. The van der Waals surface area contributed by atoms with Crippen molar-refractivity contribution in [3.8, 4) is 5.75 Å². The van der Waals surface area contributed by atoms with Crippen LogP contribution in [0.2, 0.25) is 0 Å². The summed E-state index contributed by atoms with van der Waals surface area (Å²) in [5.41, 5.74) is 2.10. The summed E-state index contributed by atoms with van der Waals surface area (Å²) in [5, 5.41) is 0. The molecule has 10 heteroatoms. The first-order chi connectivity index (χ1) is 11.2. The maximum absolute atomic E-state index is 13.7. The Morgan fingerprint density at radius 1 is 1.17 bits per heavy atom. The summed E-state index contributed by atoms with van der Waals surface area (Å²) in [6.07, 6.45) is 0. The minimum atomic E-state index is -4.45. The largest absolute Gasteiger partial charge is 0.497 e. The van der Waals surface area contributed by atoms with Crippen LogP contribution >= 0.6 is 15.9 Å². The Kier molecular flexibility index (Phi) is 5.52. The van der Waals surface area contributed by atoms with Gasteiger partial charge in [-0.05, 0) is 46.3 Å². The number of carbonyl (C=O) groups is 1. The van der Waals surface area contributed by atoms with Crippen LogP contribution in [0.3, 0.4) is 0 Å².